The van der Waals surface area contributed by atoms with Crippen LogP contribution in [0.5, 0.6) is 0 Å². The van der Waals surface area contributed by atoms with E-state index in [0.717, 1.165) is 26.2 Å². The SMILES string of the molecule is Cc1sc2ncnc(Nc3ccc4c(c3)C(=O)c3ccccc3C4=O)c2c1-c1ccccc1. The average Bonchev–Trinajstić information content (AvgIpc) is 3.20. The second-order valence-corrected chi connectivity index (χ2v) is 9.09. The highest BCUT2D eigenvalue weighted by molar-refractivity contribution is 7.19. The number of anilines is 2. The summed E-state index contributed by atoms with van der Waals surface area (Å²) < 4.78 is 0. The number of nitrogens with zero attached hydrogens (tertiary/aromatic N) is 2. The zero-order valence-corrected chi connectivity index (χ0v) is 18.4. The third-order valence-corrected chi connectivity index (χ3v) is 6.93. The fourth-order valence-electron chi connectivity index (χ4n) is 4.41. The summed E-state index contributed by atoms with van der Waals surface area (Å²) in [5.74, 6) is 0.391. The topological polar surface area (TPSA) is 72.0 Å². The predicted molar refractivity (Wildman–Crippen MR) is 131 cm³/mol. The van der Waals surface area contributed by atoms with E-state index in [1.54, 1.807) is 54.1 Å². The number of aromatic nitrogens is 2. The number of benzene rings is 3. The normalized spacial score (nSPS) is 12.5. The van der Waals surface area contributed by atoms with E-state index in [4.69, 9.17) is 0 Å². The summed E-state index contributed by atoms with van der Waals surface area (Å²) in [4.78, 5) is 37.1. The fraction of sp³-hybridized carbons (Fsp3) is 0.0370. The first-order valence-corrected chi connectivity index (χ1v) is 11.3. The maximum atomic E-state index is 13.1. The van der Waals surface area contributed by atoms with Crippen LogP contribution in [-0.2, 0) is 0 Å². The van der Waals surface area contributed by atoms with Gasteiger partial charge in [0, 0.05) is 38.4 Å². The minimum absolute atomic E-state index is 0.129. The molecule has 158 valence electrons. The number of hydrogen-bond donors (Lipinski definition) is 1. The molecule has 6 heteroatoms. The lowest BCUT2D eigenvalue weighted by Crippen LogP contribution is -2.20. The molecule has 0 bridgehead atoms. The molecular weight excluding hydrogens is 430 g/mol. The largest absolute Gasteiger partial charge is 0.340 e. The van der Waals surface area contributed by atoms with E-state index in [-0.39, 0.29) is 11.6 Å². The maximum Gasteiger partial charge on any atom is 0.194 e. The standard InChI is InChI=1S/C27H17N3O2S/c1-15-22(16-7-3-2-4-8-16)23-26(28-14-29-27(23)33-15)30-17-11-12-20-21(13-17)25(32)19-10-6-5-9-18(19)24(20)31/h2-14H,1H3,(H,28,29,30). The highest BCUT2D eigenvalue weighted by Crippen LogP contribution is 2.41. The van der Waals surface area contributed by atoms with Gasteiger partial charge < -0.3 is 5.32 Å². The van der Waals surface area contributed by atoms with Gasteiger partial charge in [0.05, 0.1) is 5.39 Å². The Balaban J connectivity index is 1.46. The summed E-state index contributed by atoms with van der Waals surface area (Å²) in [5, 5.41) is 4.31. The molecule has 1 N–H and O–H groups in total. The van der Waals surface area contributed by atoms with Crippen molar-refractivity contribution in [3.05, 3.63) is 106 Å². The molecule has 5 aromatic rings. The second kappa shape index (κ2) is 7.46. The molecule has 5 nitrogen and oxygen atoms in total. The lowest BCUT2D eigenvalue weighted by atomic mass is 9.84. The summed E-state index contributed by atoms with van der Waals surface area (Å²) in [6.07, 6.45) is 1.54. The van der Waals surface area contributed by atoms with Crippen molar-refractivity contribution in [3.63, 3.8) is 0 Å². The van der Waals surface area contributed by atoms with Crippen LogP contribution in [0.15, 0.2) is 79.1 Å². The minimum Gasteiger partial charge on any atom is -0.340 e. The van der Waals surface area contributed by atoms with Crippen LogP contribution in [0.3, 0.4) is 0 Å². The molecule has 0 spiro atoms. The Bertz CT molecular complexity index is 1590. The number of thiophene rings is 1. The molecule has 0 amide bonds. The molecule has 2 heterocycles. The van der Waals surface area contributed by atoms with Gasteiger partial charge in [0.25, 0.3) is 0 Å². The van der Waals surface area contributed by atoms with Gasteiger partial charge in [0.15, 0.2) is 11.6 Å². The molecule has 0 saturated heterocycles. The van der Waals surface area contributed by atoms with E-state index in [1.165, 1.54) is 0 Å². The van der Waals surface area contributed by atoms with Crippen LogP contribution in [0.1, 0.15) is 36.7 Å². The minimum atomic E-state index is -0.145. The smallest absolute Gasteiger partial charge is 0.194 e. The first-order valence-electron chi connectivity index (χ1n) is 10.5. The van der Waals surface area contributed by atoms with Crippen molar-refractivity contribution in [1.29, 1.82) is 0 Å². The number of rotatable bonds is 3. The summed E-state index contributed by atoms with van der Waals surface area (Å²) in [7, 11) is 0. The molecule has 6 rings (SSSR count). The monoisotopic (exact) mass is 447 g/mol. The van der Waals surface area contributed by atoms with Crippen molar-refractivity contribution < 1.29 is 9.59 Å². The van der Waals surface area contributed by atoms with Gasteiger partial charge in [0.1, 0.15) is 17.0 Å². The van der Waals surface area contributed by atoms with E-state index < -0.39 is 0 Å². The number of ketones is 2. The molecule has 1 aliphatic carbocycles. The Hall–Kier alpha value is -4.16. The molecule has 33 heavy (non-hydrogen) atoms. The Morgan fingerprint density at radius 1 is 0.758 bits per heavy atom. The second-order valence-electron chi connectivity index (χ2n) is 7.89. The van der Waals surface area contributed by atoms with Crippen LogP contribution in [0.4, 0.5) is 11.5 Å². The molecule has 0 unspecified atom stereocenters. The van der Waals surface area contributed by atoms with Crippen LogP contribution < -0.4 is 5.32 Å². The van der Waals surface area contributed by atoms with E-state index in [1.807, 2.05) is 24.3 Å². The number of fused-ring (bicyclic) bond motifs is 3. The van der Waals surface area contributed by atoms with Crippen molar-refractivity contribution in [3.8, 4) is 11.1 Å². The van der Waals surface area contributed by atoms with Crippen molar-refractivity contribution in [1.82, 2.24) is 9.97 Å². The maximum absolute atomic E-state index is 13.1. The molecular formula is C27H17N3O2S. The van der Waals surface area contributed by atoms with E-state index in [2.05, 4.69) is 34.3 Å². The molecule has 0 radical (unpaired) electrons. The molecule has 1 aliphatic rings. The third kappa shape index (κ3) is 3.07. The van der Waals surface area contributed by atoms with Gasteiger partial charge in [0.2, 0.25) is 0 Å². The first kappa shape index (κ1) is 19.5. The quantitative estimate of drug-likeness (QED) is 0.350. The Labute approximate surface area is 193 Å². The van der Waals surface area contributed by atoms with Crippen LogP contribution in [0, 0.1) is 6.92 Å². The van der Waals surface area contributed by atoms with Crippen LogP contribution >= 0.6 is 11.3 Å². The van der Waals surface area contributed by atoms with Gasteiger partial charge >= 0.3 is 0 Å². The first-order chi connectivity index (χ1) is 16.1. The van der Waals surface area contributed by atoms with Gasteiger partial charge in [-0.1, -0.05) is 54.6 Å². The number of hydrogen-bond acceptors (Lipinski definition) is 6. The molecule has 0 atom stereocenters. The summed E-state index contributed by atoms with van der Waals surface area (Å²) >= 11 is 1.62. The van der Waals surface area contributed by atoms with Gasteiger partial charge in [-0.25, -0.2) is 9.97 Å². The number of nitrogens with one attached hydrogen (secondary N) is 1. The molecule has 0 fully saturated rings. The highest BCUT2D eigenvalue weighted by Gasteiger charge is 2.29. The fourth-order valence-corrected chi connectivity index (χ4v) is 5.42. The van der Waals surface area contributed by atoms with E-state index >= 15 is 0 Å². The molecule has 2 aromatic heterocycles. The number of aryl methyl sites for hydroxylation is 1. The average molecular weight is 448 g/mol. The van der Waals surface area contributed by atoms with E-state index in [9.17, 15) is 9.59 Å². The van der Waals surface area contributed by atoms with Crippen molar-refractivity contribution in [2.45, 2.75) is 6.92 Å². The Morgan fingerprint density at radius 3 is 2.18 bits per heavy atom. The van der Waals surface area contributed by atoms with E-state index in [0.29, 0.717) is 33.8 Å². The van der Waals surface area contributed by atoms with Crippen molar-refractivity contribution >= 4 is 44.6 Å². The predicted octanol–water partition coefficient (Wildman–Crippen LogP) is 6.19. The summed E-state index contributed by atoms with van der Waals surface area (Å²) in [6, 6.07) is 22.4. The zero-order chi connectivity index (χ0) is 22.5. The lowest BCUT2D eigenvalue weighted by Gasteiger charge is -2.18. The van der Waals surface area contributed by atoms with Crippen molar-refractivity contribution in [2.24, 2.45) is 0 Å². The number of carbonyl (C=O) groups excluding carboxylic acids is 2. The van der Waals surface area contributed by atoms with Crippen LogP contribution in [0.25, 0.3) is 21.3 Å². The lowest BCUT2D eigenvalue weighted by molar-refractivity contribution is 0.0979. The van der Waals surface area contributed by atoms with Gasteiger partial charge in [-0.2, -0.15) is 0 Å². The van der Waals surface area contributed by atoms with Gasteiger partial charge in [-0.15, -0.1) is 11.3 Å². The molecule has 3 aromatic carbocycles. The van der Waals surface area contributed by atoms with Crippen LogP contribution in [0.2, 0.25) is 0 Å². The number of carbonyl (C=O) groups is 2. The summed E-state index contributed by atoms with van der Waals surface area (Å²) in [5.41, 5.74) is 4.61. The van der Waals surface area contributed by atoms with Gasteiger partial charge in [-0.3, -0.25) is 9.59 Å². The zero-order valence-electron chi connectivity index (χ0n) is 17.6. The highest BCUT2D eigenvalue weighted by atomic mass is 32.1. The Morgan fingerprint density at radius 2 is 1.42 bits per heavy atom. The van der Waals surface area contributed by atoms with Gasteiger partial charge in [-0.05, 0) is 30.7 Å². The Kier molecular flexibility index (Phi) is 4.41. The van der Waals surface area contributed by atoms with Crippen molar-refractivity contribution in [2.75, 3.05) is 5.32 Å². The summed E-state index contributed by atoms with van der Waals surface area (Å²) in [6.45, 7) is 2.08. The molecule has 0 aliphatic heterocycles. The van der Waals surface area contributed by atoms with Crippen LogP contribution in [-0.4, -0.2) is 21.5 Å². The third-order valence-electron chi connectivity index (χ3n) is 5.91. The molecule has 0 saturated carbocycles.